The van der Waals surface area contributed by atoms with Gasteiger partial charge in [-0.3, -0.25) is 15.0 Å². The maximum Gasteiger partial charge on any atom is 0.446 e. The van der Waals surface area contributed by atoms with Crippen molar-refractivity contribution in [2.24, 2.45) is 0 Å². The van der Waals surface area contributed by atoms with Crippen molar-refractivity contribution in [2.75, 3.05) is 15.5 Å². The summed E-state index contributed by atoms with van der Waals surface area (Å²) in [5.74, 6) is 0.144. The molecule has 1 fully saturated rings. The van der Waals surface area contributed by atoms with Crippen molar-refractivity contribution in [1.82, 2.24) is 20.6 Å². The number of alkyl halides is 3. The smallest absolute Gasteiger partial charge is 0.308 e. The average molecular weight is 596 g/mol. The number of benzene rings is 3. The summed E-state index contributed by atoms with van der Waals surface area (Å²) < 4.78 is 38.1. The molecule has 4 aromatic rings. The van der Waals surface area contributed by atoms with Crippen molar-refractivity contribution in [3.8, 4) is 0 Å². The molecule has 1 heterocycles. The highest BCUT2D eigenvalue weighted by atomic mass is 32.2. The molecule has 13 heteroatoms. The summed E-state index contributed by atoms with van der Waals surface area (Å²) in [4.78, 5) is 27.6. The van der Waals surface area contributed by atoms with Crippen LogP contribution >= 0.6 is 11.8 Å². The van der Waals surface area contributed by atoms with E-state index in [1.165, 1.54) is 49.1 Å². The molecule has 9 nitrogen and oxygen atoms in total. The van der Waals surface area contributed by atoms with Crippen molar-refractivity contribution in [2.45, 2.75) is 55.0 Å². The molecular formula is C29H28F3N7O2S. The highest BCUT2D eigenvalue weighted by Gasteiger charge is 2.29. The van der Waals surface area contributed by atoms with E-state index in [4.69, 9.17) is 0 Å². The van der Waals surface area contributed by atoms with Gasteiger partial charge >= 0.3 is 11.5 Å². The van der Waals surface area contributed by atoms with E-state index in [-0.39, 0.29) is 29.2 Å². The zero-order chi connectivity index (χ0) is 29.5. The lowest BCUT2D eigenvalue weighted by molar-refractivity contribution is -0.0328. The molecule has 1 aromatic heterocycles. The third-order valence-electron chi connectivity index (χ3n) is 6.99. The molecule has 1 aliphatic carbocycles. The molecule has 0 spiro atoms. The molecule has 0 atom stereocenters. The molecule has 3 aromatic carbocycles. The molecule has 1 saturated carbocycles. The minimum atomic E-state index is -4.39. The Morgan fingerprint density at radius 1 is 0.905 bits per heavy atom. The molecule has 0 radical (unpaired) electrons. The van der Waals surface area contributed by atoms with Crippen LogP contribution in [0.4, 0.5) is 35.3 Å². The topological polar surface area (TPSA) is 116 Å². The van der Waals surface area contributed by atoms with Gasteiger partial charge in [-0.2, -0.15) is 18.4 Å². The Hall–Kier alpha value is -4.39. The molecular weight excluding hydrogens is 567 g/mol. The second-order valence-corrected chi connectivity index (χ2v) is 11.0. The minimum absolute atomic E-state index is 0.0270. The lowest BCUT2D eigenvalue weighted by Gasteiger charge is -2.26. The van der Waals surface area contributed by atoms with E-state index in [2.05, 4.69) is 43.4 Å². The average Bonchev–Trinajstić information content (AvgIpc) is 3.50. The van der Waals surface area contributed by atoms with Gasteiger partial charge in [0, 0.05) is 21.8 Å². The molecule has 1 aliphatic rings. The van der Waals surface area contributed by atoms with Crippen LogP contribution in [0.1, 0.15) is 59.5 Å². The Morgan fingerprint density at radius 2 is 1.60 bits per heavy atom. The first-order valence-corrected chi connectivity index (χ1v) is 14.2. The van der Waals surface area contributed by atoms with Crippen molar-refractivity contribution in [1.29, 1.82) is 0 Å². The number of hydrogen-bond acceptors (Lipinski definition) is 6. The summed E-state index contributed by atoms with van der Waals surface area (Å²) in [6.45, 7) is 0.184. The number of urea groups is 1. The maximum atomic E-state index is 13.5. The Balaban J connectivity index is 1.33. The number of rotatable bonds is 8. The monoisotopic (exact) mass is 595 g/mol. The normalized spacial score (nSPS) is 13.9. The van der Waals surface area contributed by atoms with Gasteiger partial charge in [-0.05, 0) is 95.4 Å². The van der Waals surface area contributed by atoms with Crippen LogP contribution in [0, 0.1) is 0 Å². The number of aromatic amines is 1. The van der Waals surface area contributed by atoms with Crippen LogP contribution < -0.4 is 15.5 Å². The quantitative estimate of drug-likeness (QED) is 0.184. The van der Waals surface area contributed by atoms with Crippen LogP contribution in [0.3, 0.4) is 0 Å². The number of amides is 3. The SMILES string of the molecule is O=C(Nc1nn[nH]n1)c1ccc(CN(C(=O)Nc2ccc(SC(F)(F)F)cc2)c2ccc(C3CCCCC3)cc2)cc1. The molecule has 0 aliphatic heterocycles. The van der Waals surface area contributed by atoms with Crippen LogP contribution in [-0.2, 0) is 6.54 Å². The lowest BCUT2D eigenvalue weighted by atomic mass is 9.84. The number of carbonyl (C=O) groups is 2. The Bertz CT molecular complexity index is 1470. The van der Waals surface area contributed by atoms with Crippen LogP contribution in [0.2, 0.25) is 0 Å². The number of hydrogen-bond donors (Lipinski definition) is 3. The van der Waals surface area contributed by atoms with Gasteiger partial charge in [0.25, 0.3) is 11.9 Å². The number of H-pyrrole nitrogens is 1. The summed E-state index contributed by atoms with van der Waals surface area (Å²) in [5, 5.41) is 18.4. The van der Waals surface area contributed by atoms with Crippen LogP contribution in [0.5, 0.6) is 0 Å². The lowest BCUT2D eigenvalue weighted by Crippen LogP contribution is -2.34. The van der Waals surface area contributed by atoms with E-state index in [0.29, 0.717) is 22.9 Å². The van der Waals surface area contributed by atoms with E-state index in [1.807, 2.05) is 12.1 Å². The fraction of sp³-hybridized carbons (Fsp3) is 0.276. The van der Waals surface area contributed by atoms with Gasteiger partial charge in [0.2, 0.25) is 0 Å². The molecule has 42 heavy (non-hydrogen) atoms. The van der Waals surface area contributed by atoms with Crippen LogP contribution in [0.25, 0.3) is 0 Å². The highest BCUT2D eigenvalue weighted by Crippen LogP contribution is 2.37. The van der Waals surface area contributed by atoms with E-state index < -0.39 is 17.4 Å². The predicted molar refractivity (Wildman–Crippen MR) is 154 cm³/mol. The van der Waals surface area contributed by atoms with Gasteiger partial charge in [-0.15, -0.1) is 5.10 Å². The fourth-order valence-electron chi connectivity index (χ4n) is 4.91. The Labute approximate surface area is 244 Å². The molecule has 218 valence electrons. The van der Waals surface area contributed by atoms with E-state index in [0.717, 1.165) is 18.4 Å². The van der Waals surface area contributed by atoms with Gasteiger partial charge in [0.05, 0.1) is 6.54 Å². The van der Waals surface area contributed by atoms with Gasteiger partial charge in [-0.1, -0.05) is 48.6 Å². The van der Waals surface area contributed by atoms with Crippen molar-refractivity contribution >= 4 is 41.0 Å². The van der Waals surface area contributed by atoms with Gasteiger partial charge in [0.15, 0.2) is 0 Å². The number of nitrogens with one attached hydrogen (secondary N) is 3. The van der Waals surface area contributed by atoms with Gasteiger partial charge in [-0.25, -0.2) is 4.79 Å². The molecule has 0 saturated heterocycles. The molecule has 0 bridgehead atoms. The van der Waals surface area contributed by atoms with Crippen LogP contribution in [0.15, 0.2) is 77.7 Å². The number of thioether (sulfide) groups is 1. The molecule has 5 rings (SSSR count). The highest BCUT2D eigenvalue weighted by molar-refractivity contribution is 8.00. The summed E-state index contributed by atoms with van der Waals surface area (Å²) in [6, 6.07) is 19.7. The van der Waals surface area contributed by atoms with E-state index in [1.54, 1.807) is 29.2 Å². The van der Waals surface area contributed by atoms with Crippen molar-refractivity contribution in [3.05, 3.63) is 89.5 Å². The van der Waals surface area contributed by atoms with Crippen LogP contribution in [-0.4, -0.2) is 38.1 Å². The van der Waals surface area contributed by atoms with Crippen molar-refractivity contribution < 1.29 is 22.8 Å². The second-order valence-electron chi connectivity index (χ2n) is 9.90. The summed E-state index contributed by atoms with van der Waals surface area (Å²) >= 11 is -0.213. The first-order chi connectivity index (χ1) is 20.2. The van der Waals surface area contributed by atoms with Crippen molar-refractivity contribution in [3.63, 3.8) is 0 Å². The Kier molecular flexibility index (Phi) is 9.06. The number of nitrogens with zero attached hydrogens (tertiary/aromatic N) is 4. The van der Waals surface area contributed by atoms with Gasteiger partial charge in [0.1, 0.15) is 0 Å². The van der Waals surface area contributed by atoms with Gasteiger partial charge < -0.3 is 5.32 Å². The first-order valence-electron chi connectivity index (χ1n) is 13.4. The standard InChI is InChI=1S/C29H28F3N7O2S/c30-29(31,32)42-25-16-12-23(13-17-25)33-28(41)39(24-14-10-21(11-15-24)20-4-2-1-3-5-20)18-19-6-8-22(9-7-19)26(40)34-27-35-37-38-36-27/h6-17,20H,1-5,18H2,(H,33,41)(H2,34,35,36,37,38,40). The number of aromatic nitrogens is 4. The molecule has 3 N–H and O–H groups in total. The second kappa shape index (κ2) is 13.1. The maximum absolute atomic E-state index is 13.5. The third-order valence-corrected chi connectivity index (χ3v) is 7.73. The minimum Gasteiger partial charge on any atom is -0.308 e. The molecule has 0 unspecified atom stereocenters. The zero-order valence-electron chi connectivity index (χ0n) is 22.4. The summed E-state index contributed by atoms with van der Waals surface area (Å²) in [7, 11) is 0. The summed E-state index contributed by atoms with van der Waals surface area (Å²) in [5.41, 5.74) is -0.996. The third kappa shape index (κ3) is 7.87. The van der Waals surface area contributed by atoms with E-state index >= 15 is 0 Å². The largest absolute Gasteiger partial charge is 0.446 e. The predicted octanol–water partition coefficient (Wildman–Crippen LogP) is 7.35. The summed E-state index contributed by atoms with van der Waals surface area (Å²) in [6.07, 6.45) is 5.99. The zero-order valence-corrected chi connectivity index (χ0v) is 23.2. The number of carbonyl (C=O) groups excluding carboxylic acids is 2. The first kappa shape index (κ1) is 29.1. The number of anilines is 3. The molecule has 3 amide bonds. The number of halogens is 3. The van der Waals surface area contributed by atoms with E-state index in [9.17, 15) is 22.8 Å². The fourth-order valence-corrected chi connectivity index (χ4v) is 5.45. The number of tetrazole rings is 1. The Morgan fingerprint density at radius 3 is 2.21 bits per heavy atom.